The molecule has 0 aliphatic rings. The van der Waals surface area contributed by atoms with E-state index < -0.39 is 0 Å². The highest BCUT2D eigenvalue weighted by Crippen LogP contribution is 2.28. The first-order valence-corrected chi connectivity index (χ1v) is 7.06. The molecule has 0 atom stereocenters. The minimum Gasteiger partial charge on any atom is -0.306 e. The van der Waals surface area contributed by atoms with Gasteiger partial charge in [0.05, 0.1) is 5.69 Å². The van der Waals surface area contributed by atoms with Crippen molar-refractivity contribution in [1.82, 2.24) is 10.2 Å². The minimum atomic E-state index is -0.295. The number of carbonyl (C=O) groups is 1. The van der Waals surface area contributed by atoms with E-state index in [0.717, 1.165) is 21.8 Å². The van der Waals surface area contributed by atoms with Crippen LogP contribution in [-0.4, -0.2) is 22.5 Å². The number of carbonyl (C=O) groups excluding carboxylic acids is 1. The van der Waals surface area contributed by atoms with Crippen molar-refractivity contribution in [3.05, 3.63) is 35.5 Å². The second-order valence-corrected chi connectivity index (χ2v) is 5.02. The average Bonchev–Trinajstić information content (AvgIpc) is 2.77. The van der Waals surface area contributed by atoms with Gasteiger partial charge in [-0.2, -0.15) is 5.10 Å². The largest absolute Gasteiger partial charge is 0.324 e. The number of rotatable bonds is 3. The van der Waals surface area contributed by atoms with Crippen LogP contribution in [0.3, 0.4) is 0 Å². The lowest BCUT2D eigenvalue weighted by atomic mass is 10.2. The van der Waals surface area contributed by atoms with Gasteiger partial charge in [0.25, 0.3) is 0 Å². The Kier molecular flexibility index (Phi) is 4.11. The van der Waals surface area contributed by atoms with Crippen molar-refractivity contribution in [2.24, 2.45) is 0 Å². The number of amides is 2. The van der Waals surface area contributed by atoms with E-state index in [-0.39, 0.29) is 6.03 Å². The molecular weight excluding hydrogens is 260 g/mol. The molecule has 0 bridgehead atoms. The summed E-state index contributed by atoms with van der Waals surface area (Å²) in [6.45, 7) is 3.84. The number of hydrogen-bond donors (Lipinski definition) is 3. The average molecular weight is 276 g/mol. The van der Waals surface area contributed by atoms with E-state index in [2.05, 4.69) is 20.8 Å². The molecule has 0 spiro atoms. The third-order valence-corrected chi connectivity index (χ3v) is 3.42. The van der Waals surface area contributed by atoms with E-state index in [1.54, 1.807) is 17.8 Å². The number of benzene rings is 1. The lowest BCUT2D eigenvalue weighted by Crippen LogP contribution is -2.20. The number of para-hydroxylation sites is 1. The number of nitrogens with zero attached hydrogens (tertiary/aromatic N) is 1. The molecule has 0 fully saturated rings. The quantitative estimate of drug-likeness (QED) is 0.753. The second-order valence-electron chi connectivity index (χ2n) is 4.17. The summed E-state index contributed by atoms with van der Waals surface area (Å²) in [4.78, 5) is 13.0. The van der Waals surface area contributed by atoms with Gasteiger partial charge in [-0.05, 0) is 31.7 Å². The zero-order chi connectivity index (χ0) is 13.8. The van der Waals surface area contributed by atoms with Crippen LogP contribution in [0.25, 0.3) is 0 Å². The van der Waals surface area contributed by atoms with Crippen LogP contribution < -0.4 is 10.6 Å². The van der Waals surface area contributed by atoms with E-state index in [1.807, 2.05) is 38.3 Å². The highest BCUT2D eigenvalue weighted by Gasteiger charge is 2.10. The highest BCUT2D eigenvalue weighted by atomic mass is 32.2. The fourth-order valence-corrected chi connectivity index (χ4v) is 2.35. The Bertz CT molecular complexity index is 594. The zero-order valence-electron chi connectivity index (χ0n) is 11.1. The van der Waals surface area contributed by atoms with Crippen LogP contribution in [0, 0.1) is 13.8 Å². The topological polar surface area (TPSA) is 69.8 Å². The summed E-state index contributed by atoms with van der Waals surface area (Å²) in [7, 11) is 0. The molecule has 2 aromatic rings. The number of aromatic nitrogens is 2. The van der Waals surface area contributed by atoms with Gasteiger partial charge in [0.2, 0.25) is 0 Å². The van der Waals surface area contributed by atoms with Crippen molar-refractivity contribution in [3.63, 3.8) is 0 Å². The Balaban J connectivity index is 2.11. The molecule has 0 radical (unpaired) electrons. The number of hydrogen-bond acceptors (Lipinski definition) is 3. The van der Waals surface area contributed by atoms with Crippen LogP contribution in [0.5, 0.6) is 0 Å². The summed E-state index contributed by atoms with van der Waals surface area (Å²) >= 11 is 1.60. The minimum absolute atomic E-state index is 0.295. The monoisotopic (exact) mass is 276 g/mol. The predicted molar refractivity (Wildman–Crippen MR) is 78.9 cm³/mol. The fraction of sp³-hybridized carbons (Fsp3) is 0.231. The molecule has 5 nitrogen and oxygen atoms in total. The summed E-state index contributed by atoms with van der Waals surface area (Å²) in [5.41, 5.74) is 2.76. The van der Waals surface area contributed by atoms with Crippen LogP contribution in [-0.2, 0) is 0 Å². The van der Waals surface area contributed by atoms with Gasteiger partial charge in [0.1, 0.15) is 0 Å². The summed E-state index contributed by atoms with van der Waals surface area (Å²) in [5, 5.41) is 12.3. The molecular formula is C13H16N4OS. The third kappa shape index (κ3) is 3.29. The molecule has 0 aliphatic heterocycles. The van der Waals surface area contributed by atoms with Gasteiger partial charge < -0.3 is 5.32 Å². The summed E-state index contributed by atoms with van der Waals surface area (Å²) in [5.74, 6) is 0.509. The van der Waals surface area contributed by atoms with E-state index in [1.165, 1.54) is 0 Å². The molecule has 19 heavy (non-hydrogen) atoms. The Labute approximate surface area is 116 Å². The van der Waals surface area contributed by atoms with Crippen molar-refractivity contribution in [3.8, 4) is 0 Å². The molecule has 0 unspecified atom stereocenters. The van der Waals surface area contributed by atoms with Crippen LogP contribution in [0.4, 0.5) is 16.3 Å². The highest BCUT2D eigenvalue weighted by molar-refractivity contribution is 7.98. The molecule has 1 aromatic heterocycles. The molecule has 1 heterocycles. The Morgan fingerprint density at radius 2 is 2.11 bits per heavy atom. The van der Waals surface area contributed by atoms with Crippen molar-refractivity contribution in [1.29, 1.82) is 0 Å². The molecule has 6 heteroatoms. The molecule has 3 N–H and O–H groups in total. The van der Waals surface area contributed by atoms with Crippen molar-refractivity contribution >= 4 is 29.3 Å². The van der Waals surface area contributed by atoms with Crippen LogP contribution in [0.1, 0.15) is 11.3 Å². The molecule has 100 valence electrons. The zero-order valence-corrected chi connectivity index (χ0v) is 11.9. The molecule has 0 saturated carbocycles. The van der Waals surface area contributed by atoms with Crippen LogP contribution in [0.2, 0.25) is 0 Å². The lowest BCUT2D eigenvalue weighted by Gasteiger charge is -2.12. The Hall–Kier alpha value is -1.95. The van der Waals surface area contributed by atoms with Crippen LogP contribution in [0.15, 0.2) is 29.2 Å². The van der Waals surface area contributed by atoms with Crippen molar-refractivity contribution < 1.29 is 4.79 Å². The molecule has 0 saturated heterocycles. The molecule has 2 amide bonds. The standard InChI is InChI=1S/C13H16N4OS/c1-8-5-4-6-10(19-3)12(8)15-13(18)14-11-7-9(2)16-17-11/h4-7H,1-3H3,(H3,14,15,16,17,18). The third-order valence-electron chi connectivity index (χ3n) is 2.64. The number of H-pyrrole nitrogens is 1. The predicted octanol–water partition coefficient (Wildman–Crippen LogP) is 3.39. The number of anilines is 2. The maximum atomic E-state index is 11.9. The Morgan fingerprint density at radius 3 is 2.74 bits per heavy atom. The first kappa shape index (κ1) is 13.5. The first-order chi connectivity index (χ1) is 9.10. The van der Waals surface area contributed by atoms with Gasteiger partial charge in [-0.15, -0.1) is 11.8 Å². The molecule has 0 aliphatic carbocycles. The first-order valence-electron chi connectivity index (χ1n) is 5.84. The van der Waals surface area contributed by atoms with E-state index in [9.17, 15) is 4.79 Å². The molecule has 1 aromatic carbocycles. The smallest absolute Gasteiger partial charge is 0.306 e. The number of thioether (sulfide) groups is 1. The fourth-order valence-electron chi connectivity index (χ4n) is 1.71. The molecule has 2 rings (SSSR count). The maximum absolute atomic E-state index is 11.9. The van der Waals surface area contributed by atoms with Gasteiger partial charge in [0, 0.05) is 16.7 Å². The van der Waals surface area contributed by atoms with Gasteiger partial charge in [-0.1, -0.05) is 12.1 Å². The summed E-state index contributed by atoms with van der Waals surface area (Å²) in [6.07, 6.45) is 1.98. The second kappa shape index (κ2) is 5.79. The van der Waals surface area contributed by atoms with Crippen LogP contribution >= 0.6 is 11.8 Å². The maximum Gasteiger partial charge on any atom is 0.324 e. The number of aromatic amines is 1. The van der Waals surface area contributed by atoms with Gasteiger partial charge in [0.15, 0.2) is 5.82 Å². The summed E-state index contributed by atoms with van der Waals surface area (Å²) < 4.78 is 0. The SMILES string of the molecule is CSc1cccc(C)c1NC(=O)Nc1cc(C)[nH]n1. The van der Waals surface area contributed by atoms with Gasteiger partial charge >= 0.3 is 6.03 Å². The van der Waals surface area contributed by atoms with Crippen molar-refractivity contribution in [2.75, 3.05) is 16.9 Å². The van der Waals surface area contributed by atoms with E-state index in [0.29, 0.717) is 5.82 Å². The lowest BCUT2D eigenvalue weighted by molar-refractivity contribution is 0.262. The normalized spacial score (nSPS) is 10.3. The van der Waals surface area contributed by atoms with E-state index >= 15 is 0 Å². The number of urea groups is 1. The number of aryl methyl sites for hydroxylation is 2. The van der Waals surface area contributed by atoms with Gasteiger partial charge in [-0.25, -0.2) is 4.79 Å². The van der Waals surface area contributed by atoms with Crippen molar-refractivity contribution in [2.45, 2.75) is 18.7 Å². The van der Waals surface area contributed by atoms with Gasteiger partial charge in [-0.3, -0.25) is 10.4 Å². The summed E-state index contributed by atoms with van der Waals surface area (Å²) in [6, 6.07) is 7.39. The van der Waals surface area contributed by atoms with E-state index in [4.69, 9.17) is 0 Å². The Morgan fingerprint density at radius 1 is 1.32 bits per heavy atom. The number of nitrogens with one attached hydrogen (secondary N) is 3.